The summed E-state index contributed by atoms with van der Waals surface area (Å²) in [5, 5.41) is 4.32. The van der Waals surface area contributed by atoms with Crippen LogP contribution in [0.5, 0.6) is 5.75 Å². The van der Waals surface area contributed by atoms with Crippen molar-refractivity contribution in [2.45, 2.75) is 134 Å². The average molecular weight is 724 g/mol. The number of aromatic nitrogens is 1. The second-order valence-corrected chi connectivity index (χ2v) is 15.5. The van der Waals surface area contributed by atoms with Crippen LogP contribution in [0.1, 0.15) is 97.6 Å². The predicted molar refractivity (Wildman–Crippen MR) is 189 cm³/mol. The van der Waals surface area contributed by atoms with Crippen LogP contribution in [0, 0.1) is 0 Å². The molecule has 284 valence electrons. The van der Waals surface area contributed by atoms with E-state index in [-0.39, 0.29) is 29.4 Å². The Morgan fingerprint density at radius 3 is 1.75 bits per heavy atom. The van der Waals surface area contributed by atoms with Gasteiger partial charge in [-0.1, -0.05) is 6.92 Å². The number of likely N-dealkylation sites (tertiary alicyclic amines) is 4. The van der Waals surface area contributed by atoms with Crippen molar-refractivity contribution in [1.29, 1.82) is 0 Å². The van der Waals surface area contributed by atoms with E-state index < -0.39 is 41.9 Å². The van der Waals surface area contributed by atoms with Crippen LogP contribution in [-0.2, 0) is 35.1 Å². The number of pyridine rings is 1. The lowest BCUT2D eigenvalue weighted by Gasteiger charge is -2.36. The summed E-state index contributed by atoms with van der Waals surface area (Å²) >= 11 is 0. The third kappa shape index (κ3) is 8.03. The number of nitrogens with one attached hydrogen (secondary N) is 1. The van der Waals surface area contributed by atoms with Gasteiger partial charge in [0.15, 0.2) is 5.75 Å². The molecule has 0 unspecified atom stereocenters. The van der Waals surface area contributed by atoms with Gasteiger partial charge in [-0.3, -0.25) is 24.5 Å². The molecule has 15 nitrogen and oxygen atoms in total. The number of hydroxylamine groups is 2. The first-order chi connectivity index (χ1) is 24.9. The molecule has 6 heterocycles. The van der Waals surface area contributed by atoms with Crippen molar-refractivity contribution in [3.8, 4) is 5.75 Å². The van der Waals surface area contributed by atoms with E-state index in [0.717, 1.165) is 19.1 Å². The molecule has 5 fully saturated rings. The Balaban J connectivity index is 1.11. The number of nitrogens with zero attached hydrogens (tertiary/aromatic N) is 6. The first kappa shape index (κ1) is 37.5. The number of carbonyl (C=O) groups is 6. The van der Waals surface area contributed by atoms with Crippen LogP contribution in [-0.4, -0.2) is 134 Å². The highest BCUT2D eigenvalue weighted by molar-refractivity contribution is 5.96. The fourth-order valence-electron chi connectivity index (χ4n) is 8.33. The van der Waals surface area contributed by atoms with Crippen LogP contribution >= 0.6 is 0 Å². The third-order valence-electron chi connectivity index (χ3n) is 10.8. The molecule has 6 rings (SSSR count). The number of aryl methyl sites for hydroxylation is 1. The smallest absolute Gasteiger partial charge is 0.413 e. The molecule has 52 heavy (non-hydrogen) atoms. The van der Waals surface area contributed by atoms with E-state index in [1.807, 2.05) is 6.92 Å². The topological polar surface area (TPSA) is 162 Å². The lowest BCUT2D eigenvalue weighted by molar-refractivity contribution is -0.156. The molecule has 0 bridgehead atoms. The lowest BCUT2D eigenvalue weighted by Crippen LogP contribution is -2.57. The van der Waals surface area contributed by atoms with Crippen molar-refractivity contribution in [3.05, 3.63) is 17.8 Å². The highest BCUT2D eigenvalue weighted by Gasteiger charge is 2.48. The number of amides is 5. The summed E-state index contributed by atoms with van der Waals surface area (Å²) in [4.78, 5) is 97.2. The van der Waals surface area contributed by atoms with Crippen molar-refractivity contribution in [2.24, 2.45) is 0 Å². The maximum absolute atomic E-state index is 14.2. The van der Waals surface area contributed by atoms with E-state index in [9.17, 15) is 28.8 Å². The first-order valence-electron chi connectivity index (χ1n) is 19.0. The van der Waals surface area contributed by atoms with E-state index in [1.54, 1.807) is 57.6 Å². The molecule has 15 heteroatoms. The molecule has 5 saturated heterocycles. The van der Waals surface area contributed by atoms with Gasteiger partial charge in [0.2, 0.25) is 23.6 Å². The minimum atomic E-state index is -0.687. The minimum absolute atomic E-state index is 0.180. The summed E-state index contributed by atoms with van der Waals surface area (Å²) in [7, 11) is 0. The number of anilines is 1. The fourth-order valence-corrected chi connectivity index (χ4v) is 8.33. The number of aldehydes is 1. The van der Waals surface area contributed by atoms with E-state index in [2.05, 4.69) is 10.3 Å². The summed E-state index contributed by atoms with van der Waals surface area (Å²) in [6.45, 7) is 9.57. The average Bonchev–Trinajstić information content (AvgIpc) is 3.95. The molecular formula is C37H53N7O8. The second kappa shape index (κ2) is 15.8. The summed E-state index contributed by atoms with van der Waals surface area (Å²) in [6, 6.07) is 0.321. The van der Waals surface area contributed by atoms with Gasteiger partial charge < -0.3 is 34.0 Å². The van der Waals surface area contributed by atoms with Gasteiger partial charge in [-0.25, -0.2) is 9.78 Å². The highest BCUT2D eigenvalue weighted by Crippen LogP contribution is 2.32. The monoisotopic (exact) mass is 723 g/mol. The van der Waals surface area contributed by atoms with Gasteiger partial charge in [0, 0.05) is 50.6 Å². The Hall–Kier alpha value is -4.27. The Morgan fingerprint density at radius 1 is 0.731 bits per heavy atom. The molecule has 0 spiro atoms. The molecule has 1 aromatic rings. The number of ether oxygens (including phenoxy) is 1. The standard InChI is InChI=1S/C37H53N7O8/c1-5-24-21-26(22-31(38-24)39-36(50)51-37(2,3)4)52-44-20-10-15-30(44)35(49)43-19-9-14-29(43)34(48)42-18-8-13-28(42)33(47)41-17-7-12-27(41)32(46)40-16-6-11-25(40)23-45/h21-23,25,27-30H,5-20H2,1-4H3,(H,38,39,50)/t25-,27-,28-,29-,30-/m0/s1. The fraction of sp³-hybridized carbons (Fsp3) is 0.703. The van der Waals surface area contributed by atoms with Gasteiger partial charge in [0.25, 0.3) is 0 Å². The minimum Gasteiger partial charge on any atom is -0.444 e. The van der Waals surface area contributed by atoms with E-state index in [0.29, 0.717) is 102 Å². The molecule has 5 aliphatic rings. The Kier molecular flexibility index (Phi) is 11.4. The van der Waals surface area contributed by atoms with Crippen LogP contribution in [0.2, 0.25) is 0 Å². The van der Waals surface area contributed by atoms with Crippen molar-refractivity contribution in [3.63, 3.8) is 0 Å². The van der Waals surface area contributed by atoms with Crippen LogP contribution in [0.25, 0.3) is 0 Å². The molecule has 0 radical (unpaired) electrons. The van der Waals surface area contributed by atoms with Crippen molar-refractivity contribution in [1.82, 2.24) is 29.6 Å². The molecule has 5 atom stereocenters. The normalized spacial score (nSPS) is 26.6. The predicted octanol–water partition coefficient (Wildman–Crippen LogP) is 2.91. The molecule has 1 aromatic heterocycles. The summed E-state index contributed by atoms with van der Waals surface area (Å²) in [5.41, 5.74) is 0.0128. The van der Waals surface area contributed by atoms with Gasteiger partial charge in [0.05, 0.1) is 6.04 Å². The molecule has 5 amide bonds. The second-order valence-electron chi connectivity index (χ2n) is 15.5. The zero-order valence-corrected chi connectivity index (χ0v) is 30.9. The zero-order chi connectivity index (χ0) is 37.2. The number of rotatable bonds is 9. The molecule has 1 N–H and O–H groups in total. The summed E-state index contributed by atoms with van der Waals surface area (Å²) in [5.74, 6) is -0.117. The van der Waals surface area contributed by atoms with Gasteiger partial charge >= 0.3 is 6.09 Å². The van der Waals surface area contributed by atoms with Crippen molar-refractivity contribution >= 4 is 41.8 Å². The van der Waals surface area contributed by atoms with Gasteiger partial charge in [-0.2, -0.15) is 0 Å². The van der Waals surface area contributed by atoms with E-state index in [1.165, 1.54) is 0 Å². The van der Waals surface area contributed by atoms with Crippen molar-refractivity contribution < 1.29 is 38.3 Å². The third-order valence-corrected chi connectivity index (χ3v) is 10.8. The first-order valence-corrected chi connectivity index (χ1v) is 19.0. The van der Waals surface area contributed by atoms with E-state index >= 15 is 0 Å². The van der Waals surface area contributed by atoms with Crippen LogP contribution < -0.4 is 10.2 Å². The number of hydrogen-bond acceptors (Lipinski definition) is 10. The largest absolute Gasteiger partial charge is 0.444 e. The summed E-state index contributed by atoms with van der Waals surface area (Å²) in [6.07, 6.45) is 7.03. The maximum atomic E-state index is 14.2. The Bertz CT molecular complexity index is 1550. The molecule has 5 aliphatic heterocycles. The van der Waals surface area contributed by atoms with Gasteiger partial charge in [0.1, 0.15) is 41.9 Å². The van der Waals surface area contributed by atoms with Crippen LogP contribution in [0.4, 0.5) is 10.6 Å². The van der Waals surface area contributed by atoms with Crippen LogP contribution in [0.15, 0.2) is 12.1 Å². The number of hydrogen-bond donors (Lipinski definition) is 1. The SMILES string of the molecule is CCc1cc(ON2CCC[C@H]2C(=O)N2CCC[C@H]2C(=O)N2CCC[C@H]2C(=O)N2CCC[C@H]2C(=O)N2CCC[C@H]2C=O)cc(NC(=O)OC(C)(C)C)n1. The maximum Gasteiger partial charge on any atom is 0.413 e. The molecule has 0 aromatic carbocycles. The Morgan fingerprint density at radius 2 is 1.21 bits per heavy atom. The molecule has 0 saturated carbocycles. The molecular weight excluding hydrogens is 670 g/mol. The zero-order valence-electron chi connectivity index (χ0n) is 30.9. The van der Waals surface area contributed by atoms with Crippen LogP contribution in [0.3, 0.4) is 0 Å². The number of carbonyl (C=O) groups excluding carboxylic acids is 6. The quantitative estimate of drug-likeness (QED) is 0.375. The van der Waals surface area contributed by atoms with E-state index in [4.69, 9.17) is 9.57 Å². The van der Waals surface area contributed by atoms with Gasteiger partial charge in [-0.05, 0) is 91.4 Å². The highest BCUT2D eigenvalue weighted by atomic mass is 16.7. The Labute approximate surface area is 305 Å². The van der Waals surface area contributed by atoms with Gasteiger partial charge in [-0.15, -0.1) is 5.06 Å². The lowest BCUT2D eigenvalue weighted by atomic mass is 10.1. The molecule has 0 aliphatic carbocycles. The summed E-state index contributed by atoms with van der Waals surface area (Å²) < 4.78 is 5.38. The van der Waals surface area contributed by atoms with Crippen molar-refractivity contribution in [2.75, 3.05) is 38.0 Å².